The van der Waals surface area contributed by atoms with Gasteiger partial charge >= 0.3 is 154 Å². The molecule has 0 unspecified atom stereocenters. The van der Waals surface area contributed by atoms with Gasteiger partial charge in [-0.3, -0.25) is 0 Å². The van der Waals surface area contributed by atoms with Crippen LogP contribution in [0.5, 0.6) is 11.5 Å². The van der Waals surface area contributed by atoms with Crippen molar-refractivity contribution < 1.29 is 9.05 Å². The molecular formula is C20H26N3O2P. The molecule has 138 valence electrons. The molecule has 3 aromatic rings. The number of rotatable bonds is 3. The van der Waals surface area contributed by atoms with Crippen LogP contribution in [-0.2, 0) is 0 Å². The van der Waals surface area contributed by atoms with E-state index in [1.54, 1.807) is 0 Å². The molecular weight excluding hydrogens is 345 g/mol. The zero-order valence-corrected chi connectivity index (χ0v) is 17.1. The van der Waals surface area contributed by atoms with Crippen LogP contribution in [0.4, 0.5) is 0 Å². The van der Waals surface area contributed by atoms with Crippen molar-refractivity contribution in [3.05, 3.63) is 48.5 Å². The Bertz CT molecular complexity index is 923. The van der Waals surface area contributed by atoms with Crippen LogP contribution in [0.1, 0.15) is 0 Å². The molecule has 0 N–H and O–H groups in total. The Balaban J connectivity index is 2.15. The Morgan fingerprint density at radius 2 is 0.846 bits per heavy atom. The number of hydrogen-bond acceptors (Lipinski definition) is 5. The van der Waals surface area contributed by atoms with Crippen molar-refractivity contribution in [1.82, 2.24) is 14.0 Å². The third kappa shape index (κ3) is 1.89. The Kier molecular flexibility index (Phi) is 3.73. The fourth-order valence-electron chi connectivity index (χ4n) is 4.16. The molecule has 26 heavy (non-hydrogen) atoms. The molecule has 1 heterocycles. The second-order valence-electron chi connectivity index (χ2n) is 7.31. The molecule has 6 heteroatoms. The fourth-order valence-corrected chi connectivity index (χ4v) is 8.32. The van der Waals surface area contributed by atoms with Gasteiger partial charge in [0.1, 0.15) is 0 Å². The first-order chi connectivity index (χ1) is 12.3. The van der Waals surface area contributed by atoms with E-state index >= 15 is 0 Å². The summed E-state index contributed by atoms with van der Waals surface area (Å²) in [5.74, 6) is 1.65. The van der Waals surface area contributed by atoms with Gasteiger partial charge in [-0.05, 0) is 0 Å². The number of benzene rings is 3. The second kappa shape index (κ2) is 5.54. The quantitative estimate of drug-likeness (QED) is 0.496. The average Bonchev–Trinajstić information content (AvgIpc) is 3.02. The van der Waals surface area contributed by atoms with Gasteiger partial charge in [-0.15, -0.1) is 0 Å². The molecule has 0 amide bonds. The maximum absolute atomic E-state index is 6.87. The summed E-state index contributed by atoms with van der Waals surface area (Å²) in [5, 5.41) is 4.52. The van der Waals surface area contributed by atoms with Gasteiger partial charge in [-0.2, -0.15) is 0 Å². The minimum absolute atomic E-state index is 0.827. The summed E-state index contributed by atoms with van der Waals surface area (Å²) in [6, 6.07) is 16.8. The Labute approximate surface area is 154 Å². The first kappa shape index (κ1) is 17.5. The molecule has 0 spiro atoms. The van der Waals surface area contributed by atoms with Crippen molar-refractivity contribution in [2.24, 2.45) is 0 Å². The van der Waals surface area contributed by atoms with Gasteiger partial charge in [0.05, 0.1) is 0 Å². The normalized spacial score (nSPS) is 19.3. The first-order valence-electron chi connectivity index (χ1n) is 8.71. The summed E-state index contributed by atoms with van der Waals surface area (Å²) in [4.78, 5) is 0. The van der Waals surface area contributed by atoms with E-state index < -0.39 is 7.51 Å². The molecule has 5 nitrogen and oxygen atoms in total. The van der Waals surface area contributed by atoms with Crippen LogP contribution in [0.15, 0.2) is 48.5 Å². The zero-order valence-electron chi connectivity index (χ0n) is 16.2. The van der Waals surface area contributed by atoms with Crippen LogP contribution in [-0.4, -0.2) is 56.3 Å². The molecule has 3 aromatic carbocycles. The topological polar surface area (TPSA) is 28.2 Å². The van der Waals surface area contributed by atoms with E-state index in [1.165, 1.54) is 10.8 Å². The zero-order chi connectivity index (χ0) is 18.7. The number of nitrogens with zero attached hydrogens (tertiary/aromatic N) is 3. The van der Waals surface area contributed by atoms with Gasteiger partial charge in [-0.1, -0.05) is 0 Å². The van der Waals surface area contributed by atoms with E-state index in [2.05, 4.69) is 62.5 Å². The van der Waals surface area contributed by atoms with Gasteiger partial charge in [0.2, 0.25) is 0 Å². The SMILES string of the molecule is CN(C)P1(N(C)C)(N(C)C)Oc2c(c3ccccc3c3ccccc23)O1. The van der Waals surface area contributed by atoms with Crippen LogP contribution in [0.3, 0.4) is 0 Å². The molecule has 0 saturated heterocycles. The van der Waals surface area contributed by atoms with Crippen molar-refractivity contribution in [2.45, 2.75) is 0 Å². The van der Waals surface area contributed by atoms with E-state index in [0.29, 0.717) is 0 Å². The molecule has 0 bridgehead atoms. The summed E-state index contributed by atoms with van der Waals surface area (Å²) in [7, 11) is 8.68. The van der Waals surface area contributed by atoms with Crippen LogP contribution in [0, 0.1) is 0 Å². The molecule has 0 saturated carbocycles. The molecule has 1 aliphatic heterocycles. The van der Waals surface area contributed by atoms with Crippen LogP contribution < -0.4 is 9.05 Å². The van der Waals surface area contributed by atoms with Crippen LogP contribution >= 0.6 is 7.51 Å². The number of fused-ring (bicyclic) bond motifs is 6. The number of hydrogen-bond donors (Lipinski definition) is 0. The van der Waals surface area contributed by atoms with E-state index in [4.69, 9.17) is 9.05 Å². The van der Waals surface area contributed by atoms with Gasteiger partial charge in [0.15, 0.2) is 0 Å². The molecule has 0 radical (unpaired) electrons. The third-order valence-electron chi connectivity index (χ3n) is 5.39. The summed E-state index contributed by atoms with van der Waals surface area (Å²) in [6.45, 7) is 0. The van der Waals surface area contributed by atoms with Crippen molar-refractivity contribution in [1.29, 1.82) is 0 Å². The Hall–Kier alpha value is -1.91. The molecule has 1 aliphatic rings. The van der Waals surface area contributed by atoms with Crippen molar-refractivity contribution >= 4 is 29.1 Å². The van der Waals surface area contributed by atoms with Gasteiger partial charge in [0.25, 0.3) is 0 Å². The minimum atomic E-state index is -3.45. The van der Waals surface area contributed by atoms with E-state index in [1.807, 2.05) is 42.3 Å². The van der Waals surface area contributed by atoms with Gasteiger partial charge < -0.3 is 0 Å². The van der Waals surface area contributed by atoms with Crippen LogP contribution in [0.25, 0.3) is 21.5 Å². The first-order valence-corrected chi connectivity index (χ1v) is 10.6. The summed E-state index contributed by atoms with van der Waals surface area (Å²) in [6.07, 6.45) is 0. The fraction of sp³-hybridized carbons (Fsp3) is 0.300. The third-order valence-corrected chi connectivity index (χ3v) is 10.5. The van der Waals surface area contributed by atoms with E-state index in [9.17, 15) is 0 Å². The molecule has 0 aliphatic carbocycles. The van der Waals surface area contributed by atoms with Crippen molar-refractivity contribution in [2.75, 3.05) is 42.3 Å². The summed E-state index contributed by atoms with van der Waals surface area (Å²) < 4.78 is 20.0. The maximum atomic E-state index is 6.87. The average molecular weight is 371 g/mol. The van der Waals surface area contributed by atoms with Crippen LogP contribution in [0.2, 0.25) is 0 Å². The van der Waals surface area contributed by atoms with E-state index in [0.717, 1.165) is 22.3 Å². The molecule has 0 atom stereocenters. The molecule has 4 rings (SSSR count). The predicted molar refractivity (Wildman–Crippen MR) is 111 cm³/mol. The van der Waals surface area contributed by atoms with Crippen molar-refractivity contribution in [3.8, 4) is 11.5 Å². The second-order valence-corrected chi connectivity index (χ2v) is 11.7. The summed E-state index contributed by atoms with van der Waals surface area (Å²) >= 11 is 0. The monoisotopic (exact) mass is 371 g/mol. The Morgan fingerprint density at radius 3 is 1.15 bits per heavy atom. The van der Waals surface area contributed by atoms with E-state index in [-0.39, 0.29) is 0 Å². The van der Waals surface area contributed by atoms with Gasteiger partial charge in [0, 0.05) is 0 Å². The standard InChI is InChI=1S/C20H26N3O2P/c1-21(2)26(22(3)4,23(5)6)24-19-17-13-9-7-11-15(17)16-12-8-10-14-18(16)20(19)25-26/h7-14H,1-6H3. The molecule has 0 fully saturated rings. The predicted octanol–water partition coefficient (Wildman–Crippen LogP) is 4.58. The Morgan fingerprint density at radius 1 is 0.538 bits per heavy atom. The summed E-state index contributed by atoms with van der Waals surface area (Å²) in [5.41, 5.74) is 0. The molecule has 0 aromatic heterocycles. The van der Waals surface area contributed by atoms with Gasteiger partial charge in [-0.25, -0.2) is 0 Å². The van der Waals surface area contributed by atoms with Crippen molar-refractivity contribution in [3.63, 3.8) is 0 Å².